The summed E-state index contributed by atoms with van der Waals surface area (Å²) in [6, 6.07) is 13.3. The number of aromatic nitrogens is 1. The molecule has 0 radical (unpaired) electrons. The number of H-pyrrole nitrogens is 1. The number of amides is 1. The zero-order chi connectivity index (χ0) is 16.5. The molecule has 0 aliphatic carbocycles. The average Bonchev–Trinajstić information content (AvgIpc) is 3.08. The predicted molar refractivity (Wildman–Crippen MR) is 91.6 cm³/mol. The third-order valence-corrected chi connectivity index (χ3v) is 4.23. The number of ether oxygens (including phenoxy) is 2. The molecule has 1 unspecified atom stereocenters. The highest BCUT2D eigenvalue weighted by Gasteiger charge is 2.17. The number of nitrogens with one attached hydrogen (secondary N) is 2. The number of hydrogen-bond acceptors (Lipinski definition) is 3. The maximum Gasteiger partial charge on any atom is 0.251 e. The number of hydrogen-bond donors (Lipinski definition) is 2. The van der Waals surface area contributed by atoms with E-state index in [1.165, 1.54) is 0 Å². The van der Waals surface area contributed by atoms with Crippen molar-refractivity contribution in [3.05, 3.63) is 59.8 Å². The van der Waals surface area contributed by atoms with Gasteiger partial charge in [0, 0.05) is 17.3 Å². The van der Waals surface area contributed by atoms with Gasteiger partial charge in [0.05, 0.1) is 6.04 Å². The second kappa shape index (κ2) is 5.92. The van der Waals surface area contributed by atoms with Gasteiger partial charge >= 0.3 is 0 Å². The second-order valence-electron chi connectivity index (χ2n) is 5.88. The highest BCUT2D eigenvalue weighted by atomic mass is 16.6. The molecule has 3 aromatic rings. The van der Waals surface area contributed by atoms with Gasteiger partial charge in [0.15, 0.2) is 11.5 Å². The first kappa shape index (κ1) is 14.6. The molecule has 2 N–H and O–H groups in total. The van der Waals surface area contributed by atoms with Gasteiger partial charge in [-0.1, -0.05) is 6.07 Å². The van der Waals surface area contributed by atoms with E-state index in [4.69, 9.17) is 9.47 Å². The molecule has 1 atom stereocenters. The molecule has 4 rings (SSSR count). The highest BCUT2D eigenvalue weighted by Crippen LogP contribution is 2.31. The van der Waals surface area contributed by atoms with Crippen LogP contribution in [0.15, 0.2) is 48.7 Å². The summed E-state index contributed by atoms with van der Waals surface area (Å²) < 4.78 is 11.0. The lowest BCUT2D eigenvalue weighted by atomic mass is 10.1. The summed E-state index contributed by atoms with van der Waals surface area (Å²) in [5, 5.41) is 4.16. The van der Waals surface area contributed by atoms with Gasteiger partial charge in [-0.15, -0.1) is 0 Å². The summed E-state index contributed by atoms with van der Waals surface area (Å²) >= 11 is 0. The fraction of sp³-hybridized carbons (Fsp3) is 0.211. The molecule has 0 bridgehead atoms. The van der Waals surface area contributed by atoms with Crippen LogP contribution in [0.3, 0.4) is 0 Å². The number of benzene rings is 2. The summed E-state index contributed by atoms with van der Waals surface area (Å²) in [6.45, 7) is 3.02. The fourth-order valence-corrected chi connectivity index (χ4v) is 2.89. The van der Waals surface area contributed by atoms with Crippen LogP contribution in [-0.4, -0.2) is 24.1 Å². The van der Waals surface area contributed by atoms with E-state index in [9.17, 15) is 4.79 Å². The van der Waals surface area contributed by atoms with Crippen LogP contribution in [-0.2, 0) is 0 Å². The predicted octanol–water partition coefficient (Wildman–Crippen LogP) is 3.43. The van der Waals surface area contributed by atoms with Crippen molar-refractivity contribution in [1.29, 1.82) is 0 Å². The van der Waals surface area contributed by atoms with Gasteiger partial charge in [0.2, 0.25) is 0 Å². The first-order valence-corrected chi connectivity index (χ1v) is 7.98. The van der Waals surface area contributed by atoms with Crippen molar-refractivity contribution in [3.63, 3.8) is 0 Å². The van der Waals surface area contributed by atoms with Gasteiger partial charge in [-0.2, -0.15) is 0 Å². The molecule has 5 heteroatoms. The van der Waals surface area contributed by atoms with Crippen molar-refractivity contribution in [2.24, 2.45) is 0 Å². The molecule has 1 aliphatic heterocycles. The van der Waals surface area contributed by atoms with Crippen LogP contribution in [0.4, 0.5) is 0 Å². The lowest BCUT2D eigenvalue weighted by Gasteiger charge is -2.19. The van der Waals surface area contributed by atoms with Crippen molar-refractivity contribution in [2.75, 3.05) is 13.2 Å². The van der Waals surface area contributed by atoms with E-state index >= 15 is 0 Å². The van der Waals surface area contributed by atoms with E-state index in [0.717, 1.165) is 16.5 Å². The summed E-state index contributed by atoms with van der Waals surface area (Å²) in [5.74, 6) is 1.17. The Kier molecular flexibility index (Phi) is 3.61. The van der Waals surface area contributed by atoms with Gasteiger partial charge in [0.25, 0.3) is 5.91 Å². The van der Waals surface area contributed by atoms with Gasteiger partial charge < -0.3 is 19.8 Å². The molecule has 1 aliphatic rings. The zero-order valence-corrected chi connectivity index (χ0v) is 13.3. The highest BCUT2D eigenvalue weighted by molar-refractivity contribution is 5.95. The first-order valence-electron chi connectivity index (χ1n) is 7.98. The molecular weight excluding hydrogens is 304 g/mol. The second-order valence-corrected chi connectivity index (χ2v) is 5.88. The molecule has 0 saturated heterocycles. The minimum absolute atomic E-state index is 0.0926. The molecule has 122 valence electrons. The number of fused-ring (bicyclic) bond motifs is 2. The largest absolute Gasteiger partial charge is 0.486 e. The maximum absolute atomic E-state index is 12.5. The van der Waals surface area contributed by atoms with Crippen molar-refractivity contribution in [3.8, 4) is 11.5 Å². The monoisotopic (exact) mass is 322 g/mol. The van der Waals surface area contributed by atoms with E-state index in [2.05, 4.69) is 16.4 Å². The van der Waals surface area contributed by atoms with Gasteiger partial charge in [-0.05, 0) is 54.3 Å². The van der Waals surface area contributed by atoms with E-state index in [1.54, 1.807) is 18.2 Å². The SMILES string of the molecule is CC(NC(=O)c1ccc2c(c1)OCCO2)c1ccc2[nH]ccc2c1. The van der Waals surface area contributed by atoms with E-state index in [0.29, 0.717) is 30.3 Å². The van der Waals surface area contributed by atoms with Gasteiger partial charge in [0.1, 0.15) is 13.2 Å². The Balaban J connectivity index is 1.52. The third kappa shape index (κ3) is 2.69. The third-order valence-electron chi connectivity index (χ3n) is 4.23. The molecule has 0 fully saturated rings. The van der Waals surface area contributed by atoms with Crippen molar-refractivity contribution < 1.29 is 14.3 Å². The molecule has 1 aromatic heterocycles. The van der Waals surface area contributed by atoms with Crippen LogP contribution >= 0.6 is 0 Å². The standard InChI is InChI=1S/C19H18N2O3/c1-12(13-2-4-16-14(10-13)6-7-20-16)21-19(22)15-3-5-17-18(11-15)24-9-8-23-17/h2-7,10-12,20H,8-9H2,1H3,(H,21,22). The molecule has 2 heterocycles. The Morgan fingerprint density at radius 2 is 1.92 bits per heavy atom. The summed E-state index contributed by atoms with van der Waals surface area (Å²) in [7, 11) is 0. The molecule has 2 aromatic carbocycles. The molecular formula is C19H18N2O3. The Morgan fingerprint density at radius 3 is 2.79 bits per heavy atom. The van der Waals surface area contributed by atoms with Crippen LogP contribution in [0.25, 0.3) is 10.9 Å². The minimum atomic E-state index is -0.131. The number of rotatable bonds is 3. The lowest BCUT2D eigenvalue weighted by molar-refractivity contribution is 0.0938. The number of aromatic amines is 1. The zero-order valence-electron chi connectivity index (χ0n) is 13.3. The number of carbonyl (C=O) groups excluding carboxylic acids is 1. The molecule has 5 nitrogen and oxygen atoms in total. The molecule has 0 spiro atoms. The Morgan fingerprint density at radius 1 is 1.08 bits per heavy atom. The van der Waals surface area contributed by atoms with Crippen molar-refractivity contribution in [2.45, 2.75) is 13.0 Å². The maximum atomic E-state index is 12.5. The number of carbonyl (C=O) groups is 1. The Bertz CT molecular complexity index is 901. The topological polar surface area (TPSA) is 63.4 Å². The molecule has 24 heavy (non-hydrogen) atoms. The van der Waals surface area contributed by atoms with E-state index in [-0.39, 0.29) is 11.9 Å². The summed E-state index contributed by atoms with van der Waals surface area (Å²) in [6.07, 6.45) is 1.91. The van der Waals surface area contributed by atoms with E-state index < -0.39 is 0 Å². The minimum Gasteiger partial charge on any atom is -0.486 e. The van der Waals surface area contributed by atoms with Crippen molar-refractivity contribution in [1.82, 2.24) is 10.3 Å². The van der Waals surface area contributed by atoms with Gasteiger partial charge in [-0.3, -0.25) is 4.79 Å². The van der Waals surface area contributed by atoms with Crippen LogP contribution in [0.5, 0.6) is 11.5 Å². The lowest BCUT2D eigenvalue weighted by Crippen LogP contribution is -2.27. The van der Waals surface area contributed by atoms with Crippen LogP contribution < -0.4 is 14.8 Å². The Labute approximate surface area is 139 Å². The summed E-state index contributed by atoms with van der Waals surface area (Å²) in [5.41, 5.74) is 2.71. The Hall–Kier alpha value is -2.95. The van der Waals surface area contributed by atoms with Crippen LogP contribution in [0, 0.1) is 0 Å². The van der Waals surface area contributed by atoms with Crippen LogP contribution in [0.1, 0.15) is 28.9 Å². The quantitative estimate of drug-likeness (QED) is 0.776. The van der Waals surface area contributed by atoms with Crippen molar-refractivity contribution >= 4 is 16.8 Å². The smallest absolute Gasteiger partial charge is 0.251 e. The van der Waals surface area contributed by atoms with Crippen LogP contribution in [0.2, 0.25) is 0 Å². The summed E-state index contributed by atoms with van der Waals surface area (Å²) in [4.78, 5) is 15.7. The van der Waals surface area contributed by atoms with E-state index in [1.807, 2.05) is 31.3 Å². The fourth-order valence-electron chi connectivity index (χ4n) is 2.89. The molecule has 1 amide bonds. The normalized spacial score (nSPS) is 14.4. The first-order chi connectivity index (χ1) is 11.7. The van der Waals surface area contributed by atoms with Gasteiger partial charge in [-0.25, -0.2) is 0 Å². The average molecular weight is 322 g/mol. The molecule has 0 saturated carbocycles.